The van der Waals surface area contributed by atoms with Crippen LogP contribution >= 0.6 is 0 Å². The van der Waals surface area contributed by atoms with E-state index in [9.17, 15) is 4.79 Å². The fraction of sp³-hybridized carbons (Fsp3) is 0.944. The number of carbonyl (C=O) groups excluding carboxylic acids is 1. The van der Waals surface area contributed by atoms with Crippen LogP contribution < -0.4 is 5.32 Å². The van der Waals surface area contributed by atoms with Crippen molar-refractivity contribution in [2.24, 2.45) is 5.92 Å². The van der Waals surface area contributed by atoms with E-state index < -0.39 is 0 Å². The van der Waals surface area contributed by atoms with Gasteiger partial charge in [0.1, 0.15) is 0 Å². The summed E-state index contributed by atoms with van der Waals surface area (Å²) in [6.45, 7) is 5.28. The molecule has 1 saturated carbocycles. The number of amides is 1. The lowest BCUT2D eigenvalue weighted by Crippen LogP contribution is -2.59. The van der Waals surface area contributed by atoms with Gasteiger partial charge < -0.3 is 19.9 Å². The van der Waals surface area contributed by atoms with Crippen molar-refractivity contribution in [3.8, 4) is 0 Å². The number of cyclic esters (lactones) is 1. The van der Waals surface area contributed by atoms with E-state index in [2.05, 4.69) is 15.1 Å². The first kappa shape index (κ1) is 15.7. The summed E-state index contributed by atoms with van der Waals surface area (Å²) < 4.78 is 5.52. The molecule has 5 nitrogen and oxygen atoms in total. The summed E-state index contributed by atoms with van der Waals surface area (Å²) in [5.41, 5.74) is 0. The first-order valence-corrected chi connectivity index (χ1v) is 9.73. The minimum atomic E-state index is -0.0338. The molecule has 130 valence electrons. The van der Waals surface area contributed by atoms with Crippen LogP contribution in [0.2, 0.25) is 0 Å². The fourth-order valence-corrected chi connectivity index (χ4v) is 5.26. The Morgan fingerprint density at radius 2 is 1.65 bits per heavy atom. The molecule has 1 aliphatic carbocycles. The molecule has 3 heterocycles. The van der Waals surface area contributed by atoms with Crippen molar-refractivity contribution in [2.45, 2.75) is 69.5 Å². The summed E-state index contributed by atoms with van der Waals surface area (Å²) in [5, 5.41) is 3.46. The predicted octanol–water partition coefficient (Wildman–Crippen LogP) is 2.21. The van der Waals surface area contributed by atoms with E-state index in [1.165, 1.54) is 38.5 Å². The predicted molar refractivity (Wildman–Crippen MR) is 89.4 cm³/mol. The first-order chi connectivity index (χ1) is 11.3. The summed E-state index contributed by atoms with van der Waals surface area (Å²) in [4.78, 5) is 17.2. The third-order valence-electron chi connectivity index (χ3n) is 6.58. The first-order valence-electron chi connectivity index (χ1n) is 9.73. The van der Waals surface area contributed by atoms with Crippen molar-refractivity contribution in [1.29, 1.82) is 0 Å². The molecule has 5 heteroatoms. The zero-order valence-electron chi connectivity index (χ0n) is 14.2. The molecule has 1 amide bonds. The van der Waals surface area contributed by atoms with Gasteiger partial charge >= 0.3 is 6.09 Å². The Bertz CT molecular complexity index is 416. The van der Waals surface area contributed by atoms with Gasteiger partial charge in [0.2, 0.25) is 0 Å². The van der Waals surface area contributed by atoms with Gasteiger partial charge in [-0.15, -0.1) is 0 Å². The van der Waals surface area contributed by atoms with Gasteiger partial charge in [-0.2, -0.15) is 0 Å². The van der Waals surface area contributed by atoms with Gasteiger partial charge in [0.15, 0.2) is 0 Å². The van der Waals surface area contributed by atoms with Crippen molar-refractivity contribution in [3.05, 3.63) is 0 Å². The topological polar surface area (TPSA) is 44.8 Å². The summed E-state index contributed by atoms with van der Waals surface area (Å²) in [6.07, 6.45) is 9.79. The molecule has 2 atom stereocenters. The summed E-state index contributed by atoms with van der Waals surface area (Å²) in [5.74, 6) is 0.587. The SMILES string of the molecule is O=C1OC[C@@H]2CCCC[C@H]2N1C1CCN(C2CCNCC2)CC1. The quantitative estimate of drug-likeness (QED) is 0.847. The third-order valence-corrected chi connectivity index (χ3v) is 6.58. The number of fused-ring (bicyclic) bond motifs is 1. The van der Waals surface area contributed by atoms with Crippen molar-refractivity contribution in [1.82, 2.24) is 15.1 Å². The van der Waals surface area contributed by atoms with Gasteiger partial charge in [-0.1, -0.05) is 12.8 Å². The Balaban J connectivity index is 1.37. The molecule has 4 fully saturated rings. The Labute approximate surface area is 139 Å². The van der Waals surface area contributed by atoms with E-state index in [0.29, 0.717) is 24.6 Å². The Morgan fingerprint density at radius 3 is 2.43 bits per heavy atom. The average molecular weight is 321 g/mol. The molecule has 0 aromatic heterocycles. The number of likely N-dealkylation sites (tertiary alicyclic amines) is 1. The van der Waals surface area contributed by atoms with Gasteiger partial charge in [0.25, 0.3) is 0 Å². The van der Waals surface area contributed by atoms with Crippen LogP contribution in [0.4, 0.5) is 4.79 Å². The highest BCUT2D eigenvalue weighted by atomic mass is 16.6. The van der Waals surface area contributed by atoms with E-state index in [1.54, 1.807) is 0 Å². The molecule has 23 heavy (non-hydrogen) atoms. The van der Waals surface area contributed by atoms with Gasteiger partial charge in [-0.25, -0.2) is 4.79 Å². The van der Waals surface area contributed by atoms with Crippen LogP contribution in [0.1, 0.15) is 51.4 Å². The number of nitrogens with zero attached hydrogens (tertiary/aromatic N) is 2. The number of nitrogens with one attached hydrogen (secondary N) is 1. The number of piperidine rings is 2. The van der Waals surface area contributed by atoms with Crippen LogP contribution in [0.15, 0.2) is 0 Å². The van der Waals surface area contributed by atoms with E-state index in [4.69, 9.17) is 4.74 Å². The zero-order valence-corrected chi connectivity index (χ0v) is 14.2. The number of hydrogen-bond donors (Lipinski definition) is 1. The molecular formula is C18H31N3O2. The molecule has 3 aliphatic heterocycles. The van der Waals surface area contributed by atoms with Gasteiger partial charge in [0, 0.05) is 37.1 Å². The number of hydrogen-bond acceptors (Lipinski definition) is 4. The monoisotopic (exact) mass is 321 g/mol. The Kier molecular flexibility index (Phi) is 4.76. The van der Waals surface area contributed by atoms with Crippen LogP contribution in [0.3, 0.4) is 0 Å². The van der Waals surface area contributed by atoms with Crippen molar-refractivity contribution in [3.63, 3.8) is 0 Å². The van der Waals surface area contributed by atoms with E-state index >= 15 is 0 Å². The lowest BCUT2D eigenvalue weighted by Gasteiger charge is -2.49. The minimum Gasteiger partial charge on any atom is -0.449 e. The van der Waals surface area contributed by atoms with E-state index in [-0.39, 0.29) is 6.09 Å². The lowest BCUT2D eigenvalue weighted by molar-refractivity contribution is -0.0399. The maximum Gasteiger partial charge on any atom is 0.410 e. The molecule has 0 aromatic rings. The van der Waals surface area contributed by atoms with E-state index in [1.807, 2.05) is 0 Å². The van der Waals surface area contributed by atoms with Crippen molar-refractivity contribution >= 4 is 6.09 Å². The molecule has 0 bridgehead atoms. The van der Waals surface area contributed by atoms with Crippen LogP contribution in [-0.2, 0) is 4.74 Å². The summed E-state index contributed by atoms with van der Waals surface area (Å²) in [6, 6.07) is 1.62. The second kappa shape index (κ2) is 6.98. The van der Waals surface area contributed by atoms with Crippen LogP contribution in [0, 0.1) is 5.92 Å². The van der Waals surface area contributed by atoms with Gasteiger partial charge in [-0.3, -0.25) is 0 Å². The second-order valence-corrected chi connectivity index (χ2v) is 7.84. The number of rotatable bonds is 2. The smallest absolute Gasteiger partial charge is 0.410 e. The molecular weight excluding hydrogens is 290 g/mol. The Hall–Kier alpha value is -0.810. The second-order valence-electron chi connectivity index (χ2n) is 7.84. The van der Waals surface area contributed by atoms with Crippen LogP contribution in [0.25, 0.3) is 0 Å². The maximum absolute atomic E-state index is 12.4. The summed E-state index contributed by atoms with van der Waals surface area (Å²) >= 11 is 0. The molecule has 0 spiro atoms. The highest BCUT2D eigenvalue weighted by Crippen LogP contribution is 2.35. The largest absolute Gasteiger partial charge is 0.449 e. The standard InChI is InChI=1S/C18H31N3O2/c22-18-21(17-4-2-1-3-14(17)13-23-18)16-7-11-20(12-8-16)15-5-9-19-10-6-15/h14-17,19H,1-13H2/t14-,17+/m0/s1. The van der Waals surface area contributed by atoms with Crippen molar-refractivity contribution < 1.29 is 9.53 Å². The number of carbonyl (C=O) groups is 1. The normalized spacial score (nSPS) is 35.0. The maximum atomic E-state index is 12.4. The van der Waals surface area contributed by atoms with Crippen LogP contribution in [-0.4, -0.2) is 66.8 Å². The molecule has 3 saturated heterocycles. The van der Waals surface area contributed by atoms with Crippen LogP contribution in [0.5, 0.6) is 0 Å². The molecule has 0 aromatic carbocycles. The third kappa shape index (κ3) is 3.22. The number of ether oxygens (including phenoxy) is 1. The lowest BCUT2D eigenvalue weighted by atomic mass is 9.82. The molecule has 4 aliphatic rings. The van der Waals surface area contributed by atoms with E-state index in [0.717, 1.165) is 45.1 Å². The fourth-order valence-electron chi connectivity index (χ4n) is 5.26. The Morgan fingerprint density at radius 1 is 0.913 bits per heavy atom. The highest BCUT2D eigenvalue weighted by Gasteiger charge is 2.43. The van der Waals surface area contributed by atoms with Gasteiger partial charge in [0.05, 0.1) is 6.61 Å². The summed E-state index contributed by atoms with van der Waals surface area (Å²) in [7, 11) is 0. The van der Waals surface area contributed by atoms with Gasteiger partial charge in [-0.05, 0) is 51.6 Å². The van der Waals surface area contributed by atoms with Crippen molar-refractivity contribution in [2.75, 3.05) is 32.8 Å². The average Bonchev–Trinajstić information content (AvgIpc) is 2.63. The molecule has 4 rings (SSSR count). The molecule has 0 radical (unpaired) electrons. The molecule has 1 N–H and O–H groups in total. The minimum absolute atomic E-state index is 0.0338. The highest BCUT2D eigenvalue weighted by molar-refractivity contribution is 5.69. The molecule has 0 unspecified atom stereocenters. The zero-order chi connectivity index (χ0) is 15.6.